The summed E-state index contributed by atoms with van der Waals surface area (Å²) in [6.07, 6.45) is 0. The van der Waals surface area contributed by atoms with Crippen molar-refractivity contribution in [2.75, 3.05) is 11.1 Å². The molecule has 1 N–H and O–H groups in total. The van der Waals surface area contributed by atoms with Crippen LogP contribution >= 0.6 is 11.8 Å². The van der Waals surface area contributed by atoms with Gasteiger partial charge in [-0.3, -0.25) is 24.3 Å². The second-order valence-electron chi connectivity index (χ2n) is 8.02. The molecule has 0 aliphatic heterocycles. The normalized spacial score (nSPS) is 11.1. The van der Waals surface area contributed by atoms with Crippen LogP contribution in [0.25, 0.3) is 16.6 Å². The fraction of sp³-hybridized carbons (Fsp3) is 0.160. The Hall–Kier alpha value is -4.05. The number of anilines is 1. The lowest BCUT2D eigenvalue weighted by atomic mass is 10.0. The van der Waals surface area contributed by atoms with E-state index in [9.17, 15) is 24.1 Å². The third-order valence-electron chi connectivity index (χ3n) is 5.31. The Bertz CT molecular complexity index is 1500. The number of hydrogen-bond donors (Lipinski definition) is 1. The maximum absolute atomic E-state index is 14.1. The van der Waals surface area contributed by atoms with Gasteiger partial charge < -0.3 is 5.32 Å². The molecule has 0 bridgehead atoms. The smallest absolute Gasteiger partial charge is 0.271 e. The summed E-state index contributed by atoms with van der Waals surface area (Å²) >= 11 is 1.02. The Labute approximate surface area is 204 Å². The molecule has 0 spiro atoms. The Kier molecular flexibility index (Phi) is 6.92. The molecule has 1 amide bonds. The number of rotatable bonds is 7. The largest absolute Gasteiger partial charge is 0.323 e. The second-order valence-corrected chi connectivity index (χ2v) is 8.97. The number of nitrogens with zero attached hydrogens (tertiary/aromatic N) is 3. The van der Waals surface area contributed by atoms with Crippen molar-refractivity contribution in [1.82, 2.24) is 9.55 Å². The lowest BCUT2D eigenvalue weighted by Crippen LogP contribution is -2.24. The molecular formula is C25H21FN4O4S. The highest BCUT2D eigenvalue weighted by Gasteiger charge is 2.19. The zero-order valence-corrected chi connectivity index (χ0v) is 19.7. The standard InChI is InChI=1S/C25H21FN4O4S/c1-15(2)17-7-4-6-10-22(17)29-24(32)18-8-3-5-9-20(18)28-25(29)35-14-23(31)27-21-13-16(30(33)34)11-12-19(21)26/h3-13,15H,14H2,1-2H3,(H,27,31). The minimum Gasteiger partial charge on any atom is -0.323 e. The molecule has 0 fully saturated rings. The van der Waals surface area contributed by atoms with E-state index in [1.54, 1.807) is 24.3 Å². The van der Waals surface area contributed by atoms with Gasteiger partial charge in [0.25, 0.3) is 11.2 Å². The van der Waals surface area contributed by atoms with Crippen LogP contribution in [0.5, 0.6) is 0 Å². The molecule has 35 heavy (non-hydrogen) atoms. The molecule has 0 saturated heterocycles. The number of para-hydroxylation sites is 2. The van der Waals surface area contributed by atoms with Crippen molar-refractivity contribution in [3.05, 3.63) is 98.6 Å². The zero-order chi connectivity index (χ0) is 25.1. The van der Waals surface area contributed by atoms with Gasteiger partial charge in [-0.1, -0.05) is 55.9 Å². The van der Waals surface area contributed by atoms with Gasteiger partial charge in [-0.25, -0.2) is 9.37 Å². The van der Waals surface area contributed by atoms with E-state index in [4.69, 9.17) is 0 Å². The van der Waals surface area contributed by atoms with E-state index in [0.717, 1.165) is 35.5 Å². The monoisotopic (exact) mass is 492 g/mol. The van der Waals surface area contributed by atoms with Crippen molar-refractivity contribution in [1.29, 1.82) is 0 Å². The van der Waals surface area contributed by atoms with Gasteiger partial charge in [0.15, 0.2) is 5.16 Å². The second kappa shape index (κ2) is 10.1. The van der Waals surface area contributed by atoms with Crippen LogP contribution in [-0.2, 0) is 4.79 Å². The van der Waals surface area contributed by atoms with Crippen molar-refractivity contribution in [3.63, 3.8) is 0 Å². The molecule has 0 unspecified atom stereocenters. The fourth-order valence-corrected chi connectivity index (χ4v) is 4.45. The number of nitro groups is 1. The van der Waals surface area contributed by atoms with Crippen molar-refractivity contribution in [3.8, 4) is 5.69 Å². The van der Waals surface area contributed by atoms with Crippen LogP contribution in [0.15, 0.2) is 76.7 Å². The van der Waals surface area contributed by atoms with E-state index >= 15 is 0 Å². The molecule has 3 aromatic carbocycles. The first kappa shape index (κ1) is 24.1. The number of non-ortho nitro benzene ring substituents is 1. The van der Waals surface area contributed by atoms with Crippen molar-refractivity contribution in [2.24, 2.45) is 0 Å². The SMILES string of the molecule is CC(C)c1ccccc1-n1c(SCC(=O)Nc2cc([N+](=O)[O-])ccc2F)nc2ccccc2c1=O. The molecule has 1 aromatic heterocycles. The average molecular weight is 493 g/mol. The topological polar surface area (TPSA) is 107 Å². The molecule has 4 rings (SSSR count). The van der Waals surface area contributed by atoms with E-state index in [1.165, 1.54) is 4.57 Å². The van der Waals surface area contributed by atoms with Crippen LogP contribution in [0.2, 0.25) is 0 Å². The summed E-state index contributed by atoms with van der Waals surface area (Å²) in [5, 5.41) is 14.1. The fourth-order valence-electron chi connectivity index (χ4n) is 3.64. The average Bonchev–Trinajstić information content (AvgIpc) is 2.84. The van der Waals surface area contributed by atoms with Crippen LogP contribution < -0.4 is 10.9 Å². The molecule has 0 aliphatic carbocycles. The first-order chi connectivity index (χ1) is 16.8. The quantitative estimate of drug-likeness (QED) is 0.163. The number of amides is 1. The molecule has 8 nitrogen and oxygen atoms in total. The number of hydrogen-bond acceptors (Lipinski definition) is 6. The van der Waals surface area contributed by atoms with Gasteiger partial charge in [0.2, 0.25) is 5.91 Å². The molecule has 4 aromatic rings. The van der Waals surface area contributed by atoms with Crippen molar-refractivity contribution < 1.29 is 14.1 Å². The van der Waals surface area contributed by atoms with Gasteiger partial charge in [-0.2, -0.15) is 0 Å². The predicted molar refractivity (Wildman–Crippen MR) is 134 cm³/mol. The summed E-state index contributed by atoms with van der Waals surface area (Å²) in [4.78, 5) is 41.0. The number of fused-ring (bicyclic) bond motifs is 1. The highest BCUT2D eigenvalue weighted by atomic mass is 32.2. The minimum atomic E-state index is -0.791. The zero-order valence-electron chi connectivity index (χ0n) is 18.9. The van der Waals surface area contributed by atoms with Crippen molar-refractivity contribution in [2.45, 2.75) is 24.9 Å². The minimum absolute atomic E-state index is 0.127. The number of carbonyl (C=O) groups is 1. The number of nitro benzene ring substituents is 1. The van der Waals surface area contributed by atoms with E-state index in [-0.39, 0.29) is 28.6 Å². The molecule has 1 heterocycles. The molecule has 0 saturated carbocycles. The number of thioether (sulfide) groups is 1. The van der Waals surface area contributed by atoms with Crippen molar-refractivity contribution >= 4 is 39.9 Å². The van der Waals surface area contributed by atoms with Gasteiger partial charge >= 0.3 is 0 Å². The van der Waals surface area contributed by atoms with Crippen LogP contribution in [-0.4, -0.2) is 26.1 Å². The first-order valence-corrected chi connectivity index (χ1v) is 11.7. The molecule has 0 aliphatic rings. The highest BCUT2D eigenvalue weighted by molar-refractivity contribution is 7.99. The number of nitrogens with one attached hydrogen (secondary N) is 1. The number of aromatic nitrogens is 2. The van der Waals surface area contributed by atoms with Gasteiger partial charge in [-0.15, -0.1) is 0 Å². The Morgan fingerprint density at radius 2 is 1.86 bits per heavy atom. The summed E-state index contributed by atoms with van der Waals surface area (Å²) in [5.41, 5.74) is 1.19. The lowest BCUT2D eigenvalue weighted by molar-refractivity contribution is -0.384. The van der Waals surface area contributed by atoms with E-state index < -0.39 is 16.6 Å². The van der Waals surface area contributed by atoms with Crippen LogP contribution in [0.3, 0.4) is 0 Å². The van der Waals surface area contributed by atoms with Crippen LogP contribution in [0, 0.1) is 15.9 Å². The van der Waals surface area contributed by atoms with E-state index in [2.05, 4.69) is 10.3 Å². The Balaban J connectivity index is 1.70. The molecule has 10 heteroatoms. The summed E-state index contributed by atoms with van der Waals surface area (Å²) in [5.74, 6) is -1.46. The third-order valence-corrected chi connectivity index (χ3v) is 6.25. The Morgan fingerprint density at radius 3 is 2.60 bits per heavy atom. The third kappa shape index (κ3) is 5.07. The molecular weight excluding hydrogens is 471 g/mol. The summed E-state index contributed by atoms with van der Waals surface area (Å²) in [6, 6.07) is 17.3. The molecule has 0 atom stereocenters. The van der Waals surface area contributed by atoms with Gasteiger partial charge in [-0.05, 0) is 35.7 Å². The predicted octanol–water partition coefficient (Wildman–Crippen LogP) is 5.29. The summed E-state index contributed by atoms with van der Waals surface area (Å²) in [7, 11) is 0. The van der Waals surface area contributed by atoms with Gasteiger partial charge in [0, 0.05) is 12.1 Å². The highest BCUT2D eigenvalue weighted by Crippen LogP contribution is 2.27. The first-order valence-electron chi connectivity index (χ1n) is 10.7. The number of benzene rings is 3. The lowest BCUT2D eigenvalue weighted by Gasteiger charge is -2.18. The summed E-state index contributed by atoms with van der Waals surface area (Å²) in [6.45, 7) is 4.04. The maximum Gasteiger partial charge on any atom is 0.271 e. The molecule has 0 radical (unpaired) electrons. The van der Waals surface area contributed by atoms with Crippen LogP contribution in [0.4, 0.5) is 15.8 Å². The van der Waals surface area contributed by atoms with Gasteiger partial charge in [0.05, 0.1) is 33.0 Å². The van der Waals surface area contributed by atoms with Gasteiger partial charge in [0.1, 0.15) is 5.82 Å². The Morgan fingerprint density at radius 1 is 1.14 bits per heavy atom. The molecule has 178 valence electrons. The van der Waals surface area contributed by atoms with Crippen LogP contribution in [0.1, 0.15) is 25.3 Å². The summed E-state index contributed by atoms with van der Waals surface area (Å²) < 4.78 is 15.6. The maximum atomic E-state index is 14.1. The number of carbonyl (C=O) groups excluding carboxylic acids is 1. The number of halogens is 1. The van der Waals surface area contributed by atoms with E-state index in [0.29, 0.717) is 21.7 Å². The van der Waals surface area contributed by atoms with E-state index in [1.807, 2.05) is 38.1 Å².